The third-order valence-corrected chi connectivity index (χ3v) is 2.31. The first-order chi connectivity index (χ1) is 7.77. The summed E-state index contributed by atoms with van der Waals surface area (Å²) in [7, 11) is 0. The molecule has 1 aromatic rings. The Balaban J connectivity index is 2.63. The molecule has 16 heavy (non-hydrogen) atoms. The van der Waals surface area contributed by atoms with E-state index in [1.165, 1.54) is 0 Å². The third-order valence-electron chi connectivity index (χ3n) is 2.31. The molecule has 1 aromatic carbocycles. The summed E-state index contributed by atoms with van der Waals surface area (Å²) in [6, 6.07) is 5.94. The minimum absolute atomic E-state index is 0.0617. The molecule has 4 heteroatoms. The first-order valence-electron chi connectivity index (χ1n) is 5.15. The van der Waals surface area contributed by atoms with Gasteiger partial charge in [0.2, 0.25) is 0 Å². The predicted molar refractivity (Wildman–Crippen MR) is 64.8 cm³/mol. The van der Waals surface area contributed by atoms with Crippen LogP contribution in [0.15, 0.2) is 29.4 Å². The topological polar surface area (TPSA) is 69.0 Å². The average Bonchev–Trinajstić information content (AvgIpc) is 2.31. The fourth-order valence-electron chi connectivity index (χ4n) is 1.36. The molecule has 0 heterocycles. The second-order valence-corrected chi connectivity index (χ2v) is 3.49. The van der Waals surface area contributed by atoms with E-state index < -0.39 is 0 Å². The molecular weight excluding hydrogens is 202 g/mol. The standard InChI is InChI=1S/C12H15N3O/c1-10-5-6-11(8-12(10)9-16)4-2-3-7-14-15-13/h2,4-6,8,16H,3,7,9H2,1H3. The highest BCUT2D eigenvalue weighted by molar-refractivity contribution is 5.51. The molecule has 0 aromatic heterocycles. The summed E-state index contributed by atoms with van der Waals surface area (Å²) in [5, 5.41) is 12.5. The van der Waals surface area contributed by atoms with Crippen molar-refractivity contribution in [3.8, 4) is 0 Å². The number of benzene rings is 1. The van der Waals surface area contributed by atoms with Gasteiger partial charge in [0.25, 0.3) is 0 Å². The van der Waals surface area contributed by atoms with E-state index in [-0.39, 0.29) is 6.61 Å². The summed E-state index contributed by atoms with van der Waals surface area (Å²) in [4.78, 5) is 2.68. The Morgan fingerprint density at radius 1 is 1.50 bits per heavy atom. The molecule has 4 nitrogen and oxygen atoms in total. The van der Waals surface area contributed by atoms with Crippen LogP contribution in [0.3, 0.4) is 0 Å². The van der Waals surface area contributed by atoms with Crippen LogP contribution in [-0.4, -0.2) is 11.7 Å². The molecule has 0 bridgehead atoms. The largest absolute Gasteiger partial charge is 0.392 e. The van der Waals surface area contributed by atoms with Crippen LogP contribution in [0.25, 0.3) is 16.5 Å². The van der Waals surface area contributed by atoms with Crippen LogP contribution >= 0.6 is 0 Å². The average molecular weight is 217 g/mol. The zero-order valence-electron chi connectivity index (χ0n) is 9.30. The molecule has 0 atom stereocenters. The van der Waals surface area contributed by atoms with Gasteiger partial charge in [-0.3, -0.25) is 0 Å². The number of aliphatic hydroxyl groups excluding tert-OH is 1. The van der Waals surface area contributed by atoms with Crippen molar-refractivity contribution < 1.29 is 5.11 Å². The van der Waals surface area contributed by atoms with Gasteiger partial charge in [0.05, 0.1) is 6.61 Å². The molecule has 0 fully saturated rings. The van der Waals surface area contributed by atoms with Crippen molar-refractivity contribution in [2.75, 3.05) is 6.54 Å². The van der Waals surface area contributed by atoms with Crippen molar-refractivity contribution in [1.82, 2.24) is 0 Å². The van der Waals surface area contributed by atoms with Crippen LogP contribution in [0.4, 0.5) is 0 Å². The lowest BCUT2D eigenvalue weighted by Crippen LogP contribution is -1.88. The van der Waals surface area contributed by atoms with E-state index in [1.54, 1.807) is 0 Å². The maximum Gasteiger partial charge on any atom is 0.0684 e. The minimum atomic E-state index is 0.0617. The number of aliphatic hydroxyl groups is 1. The summed E-state index contributed by atoms with van der Waals surface area (Å²) in [6.07, 6.45) is 4.65. The molecule has 1 N–H and O–H groups in total. The second-order valence-electron chi connectivity index (χ2n) is 3.49. The SMILES string of the molecule is Cc1ccc(C=CCCN=[N+]=[N-])cc1CO. The maximum absolute atomic E-state index is 9.11. The van der Waals surface area contributed by atoms with Crippen LogP contribution < -0.4 is 0 Å². The number of hydrogen-bond donors (Lipinski definition) is 1. The Hall–Kier alpha value is -1.77. The highest BCUT2D eigenvalue weighted by Crippen LogP contribution is 2.12. The van der Waals surface area contributed by atoms with Gasteiger partial charge in [0, 0.05) is 11.5 Å². The zero-order chi connectivity index (χ0) is 11.8. The molecule has 0 unspecified atom stereocenters. The van der Waals surface area contributed by atoms with Crippen LogP contribution in [0.2, 0.25) is 0 Å². The van der Waals surface area contributed by atoms with Crippen molar-refractivity contribution in [2.45, 2.75) is 20.0 Å². The van der Waals surface area contributed by atoms with Crippen molar-refractivity contribution in [2.24, 2.45) is 5.11 Å². The second kappa shape index (κ2) is 6.67. The van der Waals surface area contributed by atoms with Gasteiger partial charge < -0.3 is 5.11 Å². The molecule has 0 spiro atoms. The molecule has 0 radical (unpaired) electrons. The number of rotatable bonds is 5. The fourth-order valence-corrected chi connectivity index (χ4v) is 1.36. The van der Waals surface area contributed by atoms with Crippen molar-refractivity contribution in [1.29, 1.82) is 0 Å². The quantitative estimate of drug-likeness (QED) is 0.350. The molecule has 0 aliphatic carbocycles. The van der Waals surface area contributed by atoms with Crippen molar-refractivity contribution in [3.05, 3.63) is 51.4 Å². The summed E-state index contributed by atoms with van der Waals surface area (Å²) < 4.78 is 0. The molecule has 84 valence electrons. The van der Waals surface area contributed by atoms with Gasteiger partial charge in [-0.25, -0.2) is 0 Å². The summed E-state index contributed by atoms with van der Waals surface area (Å²) in [6.45, 7) is 2.51. The van der Waals surface area contributed by atoms with Crippen LogP contribution in [-0.2, 0) is 6.61 Å². The lowest BCUT2D eigenvalue weighted by Gasteiger charge is -2.03. The van der Waals surface area contributed by atoms with E-state index in [0.29, 0.717) is 6.54 Å². The minimum Gasteiger partial charge on any atom is -0.392 e. The monoisotopic (exact) mass is 217 g/mol. The number of nitrogens with zero attached hydrogens (tertiary/aromatic N) is 3. The van der Waals surface area contributed by atoms with Gasteiger partial charge in [0.15, 0.2) is 0 Å². The van der Waals surface area contributed by atoms with E-state index in [0.717, 1.165) is 23.1 Å². The summed E-state index contributed by atoms with van der Waals surface area (Å²) in [5.41, 5.74) is 11.2. The van der Waals surface area contributed by atoms with E-state index in [4.69, 9.17) is 10.6 Å². The van der Waals surface area contributed by atoms with E-state index in [2.05, 4.69) is 10.0 Å². The van der Waals surface area contributed by atoms with Crippen molar-refractivity contribution >= 4 is 6.08 Å². The Kier molecular flexibility index (Phi) is 5.12. The maximum atomic E-state index is 9.11. The van der Waals surface area contributed by atoms with Gasteiger partial charge >= 0.3 is 0 Å². The van der Waals surface area contributed by atoms with Crippen LogP contribution in [0.5, 0.6) is 0 Å². The highest BCUT2D eigenvalue weighted by atomic mass is 16.3. The molecule has 0 aliphatic heterocycles. The first kappa shape index (κ1) is 12.3. The number of azide groups is 1. The normalized spacial score (nSPS) is 10.4. The fraction of sp³-hybridized carbons (Fsp3) is 0.333. The van der Waals surface area contributed by atoms with Gasteiger partial charge in [-0.2, -0.15) is 0 Å². The highest BCUT2D eigenvalue weighted by Gasteiger charge is 1.96. The summed E-state index contributed by atoms with van der Waals surface area (Å²) >= 11 is 0. The third kappa shape index (κ3) is 3.77. The summed E-state index contributed by atoms with van der Waals surface area (Å²) in [5.74, 6) is 0. The number of aryl methyl sites for hydroxylation is 1. The molecular formula is C12H15N3O. The first-order valence-corrected chi connectivity index (χ1v) is 5.15. The Morgan fingerprint density at radius 3 is 3.00 bits per heavy atom. The Morgan fingerprint density at radius 2 is 2.31 bits per heavy atom. The predicted octanol–water partition coefficient (Wildman–Crippen LogP) is 3.20. The van der Waals surface area contributed by atoms with E-state index in [1.807, 2.05) is 37.3 Å². The molecule has 0 amide bonds. The molecule has 1 rings (SSSR count). The smallest absolute Gasteiger partial charge is 0.0684 e. The van der Waals surface area contributed by atoms with Gasteiger partial charge in [-0.05, 0) is 41.6 Å². The van der Waals surface area contributed by atoms with Crippen molar-refractivity contribution in [3.63, 3.8) is 0 Å². The van der Waals surface area contributed by atoms with Gasteiger partial charge in [0.1, 0.15) is 0 Å². The lowest BCUT2D eigenvalue weighted by molar-refractivity contribution is 0.281. The molecule has 0 saturated carbocycles. The number of hydrogen-bond acceptors (Lipinski definition) is 2. The zero-order valence-corrected chi connectivity index (χ0v) is 9.30. The van der Waals surface area contributed by atoms with E-state index in [9.17, 15) is 0 Å². The lowest BCUT2D eigenvalue weighted by atomic mass is 10.1. The molecule has 0 aliphatic rings. The van der Waals surface area contributed by atoms with Crippen LogP contribution in [0.1, 0.15) is 23.1 Å². The Bertz CT molecular complexity index is 420. The van der Waals surface area contributed by atoms with Gasteiger partial charge in [-0.1, -0.05) is 29.4 Å². The Labute approximate surface area is 94.9 Å². The van der Waals surface area contributed by atoms with E-state index >= 15 is 0 Å². The molecule has 0 saturated heterocycles. The van der Waals surface area contributed by atoms with Crippen LogP contribution in [0, 0.1) is 6.92 Å². The van der Waals surface area contributed by atoms with Gasteiger partial charge in [-0.15, -0.1) is 0 Å².